The molecule has 0 saturated heterocycles. The van der Waals surface area contributed by atoms with E-state index in [1.807, 2.05) is 30.1 Å². The molecular formula is C18H15N3. The second-order valence-corrected chi connectivity index (χ2v) is 5.38. The largest absolute Gasteiger partial charge is 0.399 e. The molecule has 3 nitrogen and oxygen atoms in total. The van der Waals surface area contributed by atoms with Gasteiger partial charge in [-0.15, -0.1) is 0 Å². The zero-order chi connectivity index (χ0) is 14.4. The molecule has 0 unspecified atom stereocenters. The Morgan fingerprint density at radius 2 is 1.62 bits per heavy atom. The standard InChI is InChI=1S/C18H15N3/c1-21-11-20-17-7-5-14(10-18(17)21)13-3-2-12-4-6-16(19)9-15(12)8-13/h2-11H,19H2,1H3. The number of fused-ring (bicyclic) bond motifs is 2. The molecular weight excluding hydrogens is 258 g/mol. The van der Waals surface area contributed by atoms with E-state index < -0.39 is 0 Å². The molecule has 0 atom stereocenters. The lowest BCUT2D eigenvalue weighted by Crippen LogP contribution is -1.86. The molecule has 0 saturated carbocycles. The Balaban J connectivity index is 1.92. The summed E-state index contributed by atoms with van der Waals surface area (Å²) in [5.74, 6) is 0. The average molecular weight is 273 g/mol. The topological polar surface area (TPSA) is 43.8 Å². The van der Waals surface area contributed by atoms with Gasteiger partial charge in [-0.2, -0.15) is 0 Å². The Hall–Kier alpha value is -2.81. The van der Waals surface area contributed by atoms with Crippen LogP contribution in [0.4, 0.5) is 5.69 Å². The van der Waals surface area contributed by atoms with Crippen molar-refractivity contribution in [3.63, 3.8) is 0 Å². The molecule has 1 heterocycles. The number of imidazole rings is 1. The van der Waals surface area contributed by atoms with E-state index in [0.29, 0.717) is 0 Å². The van der Waals surface area contributed by atoms with Crippen LogP contribution in [0.5, 0.6) is 0 Å². The summed E-state index contributed by atoms with van der Waals surface area (Å²) in [7, 11) is 2.01. The molecule has 0 spiro atoms. The Morgan fingerprint density at radius 3 is 2.52 bits per heavy atom. The van der Waals surface area contributed by atoms with Crippen LogP contribution in [0.25, 0.3) is 32.9 Å². The number of hydrogen-bond donors (Lipinski definition) is 1. The minimum atomic E-state index is 0.793. The fourth-order valence-electron chi connectivity index (χ4n) is 2.75. The highest BCUT2D eigenvalue weighted by Gasteiger charge is 2.04. The van der Waals surface area contributed by atoms with Gasteiger partial charge < -0.3 is 10.3 Å². The van der Waals surface area contributed by atoms with Crippen LogP contribution in [0.3, 0.4) is 0 Å². The Bertz CT molecular complexity index is 967. The fourth-order valence-corrected chi connectivity index (χ4v) is 2.75. The van der Waals surface area contributed by atoms with Gasteiger partial charge in [-0.25, -0.2) is 4.98 Å². The summed E-state index contributed by atoms with van der Waals surface area (Å²) in [5.41, 5.74) is 11.2. The Kier molecular flexibility index (Phi) is 2.48. The van der Waals surface area contributed by atoms with Crippen molar-refractivity contribution in [2.24, 2.45) is 7.05 Å². The van der Waals surface area contributed by atoms with Crippen LogP contribution in [0.2, 0.25) is 0 Å². The quantitative estimate of drug-likeness (QED) is 0.533. The van der Waals surface area contributed by atoms with E-state index in [4.69, 9.17) is 5.73 Å². The number of benzene rings is 3. The summed E-state index contributed by atoms with van der Waals surface area (Å²) < 4.78 is 2.04. The van der Waals surface area contributed by atoms with E-state index in [9.17, 15) is 0 Å². The second-order valence-electron chi connectivity index (χ2n) is 5.38. The third-order valence-corrected chi connectivity index (χ3v) is 3.92. The molecule has 1 aromatic heterocycles. The van der Waals surface area contributed by atoms with Crippen molar-refractivity contribution in [3.05, 3.63) is 60.9 Å². The number of rotatable bonds is 1. The smallest absolute Gasteiger partial charge is 0.0955 e. The highest BCUT2D eigenvalue weighted by molar-refractivity contribution is 5.91. The number of aryl methyl sites for hydroxylation is 1. The number of nitrogens with zero attached hydrogens (tertiary/aromatic N) is 2. The summed E-state index contributed by atoms with van der Waals surface area (Å²) >= 11 is 0. The van der Waals surface area contributed by atoms with E-state index in [-0.39, 0.29) is 0 Å². The minimum absolute atomic E-state index is 0.793. The van der Waals surface area contributed by atoms with Gasteiger partial charge in [-0.3, -0.25) is 0 Å². The van der Waals surface area contributed by atoms with E-state index >= 15 is 0 Å². The number of nitrogens with two attached hydrogens (primary N) is 1. The van der Waals surface area contributed by atoms with Gasteiger partial charge in [-0.1, -0.05) is 24.3 Å². The Morgan fingerprint density at radius 1 is 0.857 bits per heavy atom. The van der Waals surface area contributed by atoms with E-state index in [1.54, 1.807) is 0 Å². The van der Waals surface area contributed by atoms with Gasteiger partial charge in [0, 0.05) is 12.7 Å². The summed E-state index contributed by atoms with van der Waals surface area (Å²) in [6, 6.07) is 18.8. The summed E-state index contributed by atoms with van der Waals surface area (Å²) in [6.07, 6.45) is 1.84. The SMILES string of the molecule is Cn1cnc2ccc(-c3ccc4ccc(N)cc4c3)cc21. The van der Waals surface area contributed by atoms with Gasteiger partial charge in [0.15, 0.2) is 0 Å². The highest BCUT2D eigenvalue weighted by Crippen LogP contribution is 2.27. The van der Waals surface area contributed by atoms with Crippen molar-refractivity contribution in [3.8, 4) is 11.1 Å². The van der Waals surface area contributed by atoms with Crippen LogP contribution < -0.4 is 5.73 Å². The lowest BCUT2D eigenvalue weighted by molar-refractivity contribution is 0.948. The van der Waals surface area contributed by atoms with E-state index in [1.165, 1.54) is 16.5 Å². The molecule has 0 aliphatic rings. The van der Waals surface area contributed by atoms with E-state index in [0.717, 1.165) is 22.1 Å². The molecule has 21 heavy (non-hydrogen) atoms. The first-order chi connectivity index (χ1) is 10.2. The van der Waals surface area contributed by atoms with Gasteiger partial charge in [0.05, 0.1) is 17.4 Å². The summed E-state index contributed by atoms with van der Waals surface area (Å²) in [6.45, 7) is 0. The highest BCUT2D eigenvalue weighted by atomic mass is 15.0. The molecule has 4 aromatic rings. The molecule has 2 N–H and O–H groups in total. The molecule has 0 fully saturated rings. The lowest BCUT2D eigenvalue weighted by atomic mass is 10.0. The summed E-state index contributed by atoms with van der Waals surface area (Å²) in [4.78, 5) is 4.36. The van der Waals surface area contributed by atoms with Crippen LogP contribution in [0, 0.1) is 0 Å². The van der Waals surface area contributed by atoms with Crippen molar-refractivity contribution >= 4 is 27.5 Å². The van der Waals surface area contributed by atoms with Gasteiger partial charge in [-0.05, 0) is 52.2 Å². The molecule has 0 aliphatic carbocycles. The third kappa shape index (κ3) is 1.94. The van der Waals surface area contributed by atoms with E-state index in [2.05, 4.69) is 47.4 Å². The molecule has 4 rings (SSSR count). The van der Waals surface area contributed by atoms with Crippen LogP contribution >= 0.6 is 0 Å². The van der Waals surface area contributed by atoms with Crippen molar-refractivity contribution in [2.45, 2.75) is 0 Å². The second kappa shape index (κ2) is 4.35. The van der Waals surface area contributed by atoms with Gasteiger partial charge in [0.25, 0.3) is 0 Å². The van der Waals surface area contributed by atoms with Crippen LogP contribution in [0.15, 0.2) is 60.9 Å². The zero-order valence-electron chi connectivity index (χ0n) is 11.7. The lowest BCUT2D eigenvalue weighted by Gasteiger charge is -2.06. The molecule has 3 aromatic carbocycles. The van der Waals surface area contributed by atoms with Gasteiger partial charge in [0.2, 0.25) is 0 Å². The number of nitrogen functional groups attached to an aromatic ring is 1. The molecule has 0 amide bonds. The number of aromatic nitrogens is 2. The maximum Gasteiger partial charge on any atom is 0.0955 e. The fraction of sp³-hybridized carbons (Fsp3) is 0.0556. The number of hydrogen-bond acceptors (Lipinski definition) is 2. The average Bonchev–Trinajstić information content (AvgIpc) is 2.87. The van der Waals surface area contributed by atoms with Gasteiger partial charge in [0.1, 0.15) is 0 Å². The molecule has 0 radical (unpaired) electrons. The first kappa shape index (κ1) is 12.0. The first-order valence-electron chi connectivity index (χ1n) is 6.91. The molecule has 3 heteroatoms. The monoisotopic (exact) mass is 273 g/mol. The minimum Gasteiger partial charge on any atom is -0.399 e. The van der Waals surface area contributed by atoms with Crippen LogP contribution in [-0.2, 0) is 7.05 Å². The maximum atomic E-state index is 5.88. The summed E-state index contributed by atoms with van der Waals surface area (Å²) in [5, 5.41) is 2.37. The molecule has 0 aliphatic heterocycles. The van der Waals surface area contributed by atoms with Crippen molar-refractivity contribution in [1.29, 1.82) is 0 Å². The predicted octanol–water partition coefficient (Wildman–Crippen LogP) is 3.98. The van der Waals surface area contributed by atoms with Crippen molar-refractivity contribution in [2.75, 3.05) is 5.73 Å². The normalized spacial score (nSPS) is 11.3. The zero-order valence-corrected chi connectivity index (χ0v) is 11.7. The first-order valence-corrected chi connectivity index (χ1v) is 6.91. The third-order valence-electron chi connectivity index (χ3n) is 3.92. The maximum absolute atomic E-state index is 5.88. The van der Waals surface area contributed by atoms with Crippen LogP contribution in [0.1, 0.15) is 0 Å². The molecule has 102 valence electrons. The van der Waals surface area contributed by atoms with Gasteiger partial charge >= 0.3 is 0 Å². The Labute approximate surface area is 122 Å². The number of anilines is 1. The van der Waals surface area contributed by atoms with Crippen LogP contribution in [-0.4, -0.2) is 9.55 Å². The molecule has 0 bridgehead atoms. The predicted molar refractivity (Wildman–Crippen MR) is 88.1 cm³/mol. The van der Waals surface area contributed by atoms with Crippen molar-refractivity contribution < 1.29 is 0 Å². The van der Waals surface area contributed by atoms with Crippen molar-refractivity contribution in [1.82, 2.24) is 9.55 Å².